The maximum atomic E-state index is 15.0. The molecule has 10 heteroatoms. The van der Waals surface area contributed by atoms with Crippen LogP contribution in [0.5, 0.6) is 0 Å². The Balaban J connectivity index is 1.76. The van der Waals surface area contributed by atoms with Gasteiger partial charge in [-0.05, 0) is 44.0 Å². The lowest BCUT2D eigenvalue weighted by atomic mass is 10.1. The molecule has 3 heterocycles. The number of nitrogens with zero attached hydrogens (tertiary/aromatic N) is 5. The van der Waals surface area contributed by atoms with E-state index in [4.69, 9.17) is 10.7 Å². The van der Waals surface area contributed by atoms with Gasteiger partial charge in [-0.3, -0.25) is 9.36 Å². The van der Waals surface area contributed by atoms with Gasteiger partial charge in [0.1, 0.15) is 17.2 Å². The van der Waals surface area contributed by atoms with E-state index < -0.39 is 11.9 Å². The monoisotopic (exact) mass is 444 g/mol. The van der Waals surface area contributed by atoms with E-state index in [9.17, 15) is 4.79 Å². The first-order valence-electron chi connectivity index (χ1n) is 10.4. The molecule has 2 aromatic carbocycles. The van der Waals surface area contributed by atoms with Gasteiger partial charge in [-0.15, -0.1) is 0 Å². The summed E-state index contributed by atoms with van der Waals surface area (Å²) in [7, 11) is 0. The van der Waals surface area contributed by atoms with Gasteiger partial charge in [0, 0.05) is 0 Å². The minimum Gasteiger partial charge on any atom is -0.368 e. The molecule has 0 spiro atoms. The maximum absolute atomic E-state index is 15.0. The Hall–Kier alpha value is -4.34. The molecule has 33 heavy (non-hydrogen) atoms. The average molecular weight is 444 g/mol. The summed E-state index contributed by atoms with van der Waals surface area (Å²) >= 11 is 0. The highest BCUT2D eigenvalue weighted by atomic mass is 19.1. The molecule has 0 fully saturated rings. The van der Waals surface area contributed by atoms with Crippen LogP contribution in [0.25, 0.3) is 27.8 Å². The molecule has 1 atom stereocenters. The molecule has 1 unspecified atom stereocenters. The number of aryl methyl sites for hydroxylation is 2. The number of nitrogens with two attached hydrogens (primary N) is 1. The van der Waals surface area contributed by atoms with Crippen LogP contribution in [0.1, 0.15) is 29.9 Å². The van der Waals surface area contributed by atoms with Crippen LogP contribution in [-0.4, -0.2) is 29.5 Å². The fraction of sp³-hybridized carbons (Fsp3) is 0.174. The molecule has 0 aliphatic carbocycles. The Morgan fingerprint density at radius 2 is 1.85 bits per heavy atom. The second kappa shape index (κ2) is 7.66. The lowest BCUT2D eigenvalue weighted by Gasteiger charge is -2.22. The Kier molecular flexibility index (Phi) is 4.77. The van der Waals surface area contributed by atoms with E-state index in [1.807, 2.05) is 26.0 Å². The van der Waals surface area contributed by atoms with Gasteiger partial charge < -0.3 is 16.0 Å². The van der Waals surface area contributed by atoms with Crippen molar-refractivity contribution in [1.29, 1.82) is 0 Å². The molecule has 0 radical (unpaired) electrons. The zero-order chi connectivity index (χ0) is 23.3. The molecule has 0 bridgehead atoms. The fourth-order valence-corrected chi connectivity index (χ4v) is 4.05. The number of fused-ring (bicyclic) bond motifs is 2. The van der Waals surface area contributed by atoms with Crippen LogP contribution < -0.4 is 16.6 Å². The van der Waals surface area contributed by atoms with Gasteiger partial charge in [-0.2, -0.15) is 9.97 Å². The quantitative estimate of drug-likeness (QED) is 0.387. The van der Waals surface area contributed by atoms with Crippen LogP contribution >= 0.6 is 0 Å². The van der Waals surface area contributed by atoms with Crippen LogP contribution in [-0.2, 0) is 0 Å². The highest BCUT2D eigenvalue weighted by Gasteiger charge is 2.23. The van der Waals surface area contributed by atoms with Crippen molar-refractivity contribution in [1.82, 2.24) is 29.5 Å². The Bertz CT molecular complexity index is 1570. The molecule has 0 aliphatic heterocycles. The fourth-order valence-electron chi connectivity index (χ4n) is 4.05. The van der Waals surface area contributed by atoms with Gasteiger partial charge in [0.15, 0.2) is 11.5 Å². The number of nitrogen functional groups attached to an aromatic ring is 1. The van der Waals surface area contributed by atoms with Crippen LogP contribution in [0.15, 0.2) is 47.5 Å². The summed E-state index contributed by atoms with van der Waals surface area (Å²) in [5, 5.41) is 3.67. The zero-order valence-corrected chi connectivity index (χ0v) is 18.2. The third-order valence-electron chi connectivity index (χ3n) is 5.58. The number of H-pyrrole nitrogens is 1. The molecule has 0 aliphatic rings. The number of para-hydroxylation sites is 1. The van der Waals surface area contributed by atoms with E-state index in [2.05, 4.69) is 25.3 Å². The molecule has 0 saturated heterocycles. The van der Waals surface area contributed by atoms with Gasteiger partial charge in [0.05, 0.1) is 29.0 Å². The minimum atomic E-state index is -0.559. The van der Waals surface area contributed by atoms with Crippen molar-refractivity contribution in [2.45, 2.75) is 26.8 Å². The number of nitrogens with one attached hydrogen (secondary N) is 2. The molecular weight excluding hydrogens is 423 g/mol. The van der Waals surface area contributed by atoms with E-state index in [1.54, 1.807) is 25.1 Å². The third-order valence-corrected chi connectivity index (χ3v) is 5.58. The van der Waals surface area contributed by atoms with Crippen molar-refractivity contribution in [3.63, 3.8) is 0 Å². The Labute approximate surface area is 187 Å². The molecule has 0 amide bonds. The number of aromatic amines is 1. The van der Waals surface area contributed by atoms with Gasteiger partial charge >= 0.3 is 0 Å². The highest BCUT2D eigenvalue weighted by Crippen LogP contribution is 2.27. The highest BCUT2D eigenvalue weighted by molar-refractivity contribution is 5.84. The molecule has 3 aromatic heterocycles. The number of hydrogen-bond acceptors (Lipinski definition) is 7. The number of hydrogen-bond donors (Lipinski definition) is 3. The predicted octanol–water partition coefficient (Wildman–Crippen LogP) is 3.56. The van der Waals surface area contributed by atoms with Gasteiger partial charge in [-0.25, -0.2) is 14.4 Å². The lowest BCUT2D eigenvalue weighted by molar-refractivity contribution is 0.605. The Morgan fingerprint density at radius 1 is 1.09 bits per heavy atom. The number of aromatic nitrogens is 6. The summed E-state index contributed by atoms with van der Waals surface area (Å²) in [5.41, 5.74) is 8.53. The van der Waals surface area contributed by atoms with E-state index in [1.165, 1.54) is 17.0 Å². The molecule has 5 rings (SSSR count). The lowest BCUT2D eigenvalue weighted by Crippen LogP contribution is -2.29. The Morgan fingerprint density at radius 3 is 2.64 bits per heavy atom. The SMILES string of the molecule is Cc1cccc(F)c1-n1c(C(C)Nc2nc(N)nc3[nH]cnc23)nc2cccc(C)c2c1=O. The summed E-state index contributed by atoms with van der Waals surface area (Å²) in [6, 6.07) is 9.58. The molecule has 4 N–H and O–H groups in total. The van der Waals surface area contributed by atoms with Crippen LogP contribution in [0, 0.1) is 19.7 Å². The van der Waals surface area contributed by atoms with Crippen LogP contribution in [0.4, 0.5) is 16.2 Å². The van der Waals surface area contributed by atoms with E-state index in [-0.39, 0.29) is 17.2 Å². The van der Waals surface area contributed by atoms with Crippen molar-refractivity contribution in [3.05, 3.63) is 75.8 Å². The molecule has 0 saturated carbocycles. The number of imidazole rings is 1. The summed E-state index contributed by atoms with van der Waals surface area (Å²) in [4.78, 5) is 34.0. The molecule has 5 aromatic rings. The van der Waals surface area contributed by atoms with E-state index in [0.717, 1.165) is 5.56 Å². The summed E-state index contributed by atoms with van der Waals surface area (Å²) in [6.07, 6.45) is 1.49. The maximum Gasteiger partial charge on any atom is 0.266 e. The standard InChI is InChI=1S/C23H21FN8O/c1-11-6-5-9-15-16(11)22(33)32(18-12(2)7-4-8-14(18)24)21(29-15)13(3)28-20-17-19(27-10-26-17)30-23(25)31-20/h4-10,13H,1-3H3,(H4,25,26,27,28,30,31). The van der Waals surface area contributed by atoms with Crippen molar-refractivity contribution in [2.75, 3.05) is 11.1 Å². The summed E-state index contributed by atoms with van der Waals surface area (Å²) < 4.78 is 16.4. The number of benzene rings is 2. The molecule has 166 valence electrons. The minimum absolute atomic E-state index is 0.0610. The predicted molar refractivity (Wildman–Crippen MR) is 125 cm³/mol. The first-order chi connectivity index (χ1) is 15.8. The van der Waals surface area contributed by atoms with Crippen molar-refractivity contribution >= 4 is 33.8 Å². The van der Waals surface area contributed by atoms with Crippen molar-refractivity contribution in [2.24, 2.45) is 0 Å². The summed E-state index contributed by atoms with van der Waals surface area (Å²) in [5.74, 6) is 0.251. The molecule has 9 nitrogen and oxygen atoms in total. The largest absolute Gasteiger partial charge is 0.368 e. The van der Waals surface area contributed by atoms with E-state index in [0.29, 0.717) is 39.3 Å². The molecular formula is C23H21FN8O. The first kappa shape index (κ1) is 20.6. The second-order valence-electron chi connectivity index (χ2n) is 7.88. The van der Waals surface area contributed by atoms with Crippen molar-refractivity contribution in [3.8, 4) is 5.69 Å². The normalized spacial score (nSPS) is 12.4. The smallest absolute Gasteiger partial charge is 0.266 e. The van der Waals surface area contributed by atoms with Gasteiger partial charge in [0.25, 0.3) is 5.56 Å². The number of anilines is 2. The third kappa shape index (κ3) is 3.36. The van der Waals surface area contributed by atoms with Crippen LogP contribution in [0.2, 0.25) is 0 Å². The van der Waals surface area contributed by atoms with Crippen LogP contribution in [0.3, 0.4) is 0 Å². The summed E-state index contributed by atoms with van der Waals surface area (Å²) in [6.45, 7) is 5.41. The zero-order valence-electron chi connectivity index (χ0n) is 18.2. The topological polar surface area (TPSA) is 127 Å². The second-order valence-corrected chi connectivity index (χ2v) is 7.88. The van der Waals surface area contributed by atoms with Gasteiger partial charge in [0.2, 0.25) is 5.95 Å². The van der Waals surface area contributed by atoms with E-state index >= 15 is 4.39 Å². The number of rotatable bonds is 4. The van der Waals surface area contributed by atoms with Gasteiger partial charge in [-0.1, -0.05) is 24.3 Å². The van der Waals surface area contributed by atoms with Crippen molar-refractivity contribution < 1.29 is 4.39 Å². The number of halogens is 1. The first-order valence-corrected chi connectivity index (χ1v) is 10.4. The average Bonchev–Trinajstić information content (AvgIpc) is 3.23.